The Kier molecular flexibility index (Phi) is 5.27. The summed E-state index contributed by atoms with van der Waals surface area (Å²) in [6.07, 6.45) is 0.746. The molecule has 7 nitrogen and oxygen atoms in total. The third-order valence-electron chi connectivity index (χ3n) is 5.32. The predicted octanol–water partition coefficient (Wildman–Crippen LogP) is 1.60. The Hall–Kier alpha value is -2.87. The van der Waals surface area contributed by atoms with Gasteiger partial charge in [0.25, 0.3) is 5.91 Å². The molecule has 8 heteroatoms. The van der Waals surface area contributed by atoms with E-state index >= 15 is 0 Å². The van der Waals surface area contributed by atoms with Gasteiger partial charge in [-0.05, 0) is 48.4 Å². The van der Waals surface area contributed by atoms with E-state index in [2.05, 4.69) is 26.6 Å². The molecule has 2 aliphatic rings. The number of piperazine rings is 1. The van der Waals surface area contributed by atoms with E-state index in [9.17, 15) is 19.5 Å². The van der Waals surface area contributed by atoms with E-state index in [-0.39, 0.29) is 29.5 Å². The van der Waals surface area contributed by atoms with Crippen molar-refractivity contribution >= 4 is 33.7 Å². The lowest BCUT2D eigenvalue weighted by Crippen LogP contribution is -2.61. The van der Waals surface area contributed by atoms with Crippen molar-refractivity contribution in [2.24, 2.45) is 0 Å². The topological polar surface area (TPSA) is 98.7 Å². The number of rotatable bonds is 4. The maximum Gasteiger partial charge on any atom is 0.251 e. The minimum absolute atomic E-state index is 0.150. The van der Waals surface area contributed by atoms with Gasteiger partial charge in [0.15, 0.2) is 0 Å². The van der Waals surface area contributed by atoms with Gasteiger partial charge >= 0.3 is 0 Å². The van der Waals surface area contributed by atoms with Crippen molar-refractivity contribution in [3.8, 4) is 5.75 Å². The molecular weight excluding hydrogens is 438 g/mol. The summed E-state index contributed by atoms with van der Waals surface area (Å²) >= 11 is 3.34. The molecule has 0 bridgehead atoms. The summed E-state index contributed by atoms with van der Waals surface area (Å²) in [7, 11) is 0. The van der Waals surface area contributed by atoms with Crippen LogP contribution in [0.5, 0.6) is 5.75 Å². The Bertz CT molecular complexity index is 945. The molecule has 0 unspecified atom stereocenters. The van der Waals surface area contributed by atoms with E-state index in [1.807, 2.05) is 0 Å². The van der Waals surface area contributed by atoms with Crippen LogP contribution in [0.15, 0.2) is 53.0 Å². The number of carbonyl (C=O) groups excluding carboxylic acids is 3. The summed E-state index contributed by atoms with van der Waals surface area (Å²) in [5, 5.41) is 15.1. The number of carbonyl (C=O) groups is 3. The van der Waals surface area contributed by atoms with Gasteiger partial charge in [0.2, 0.25) is 11.8 Å². The van der Waals surface area contributed by atoms with Crippen LogP contribution in [-0.2, 0) is 16.0 Å². The fourth-order valence-electron chi connectivity index (χ4n) is 3.84. The van der Waals surface area contributed by atoms with Crippen LogP contribution in [-0.4, -0.2) is 52.4 Å². The summed E-state index contributed by atoms with van der Waals surface area (Å²) in [5.74, 6) is -0.426. The quantitative estimate of drug-likeness (QED) is 0.649. The average Bonchev–Trinajstić information content (AvgIpc) is 3.13. The molecule has 2 aliphatic heterocycles. The number of aromatic hydroxyl groups is 1. The molecule has 2 aromatic carbocycles. The average molecular weight is 458 g/mol. The maximum absolute atomic E-state index is 12.9. The molecular formula is C21H20BrN3O4. The van der Waals surface area contributed by atoms with Gasteiger partial charge in [0, 0.05) is 29.0 Å². The third kappa shape index (κ3) is 4.12. The molecule has 2 saturated heterocycles. The van der Waals surface area contributed by atoms with Gasteiger partial charge in [0.05, 0.1) is 0 Å². The molecule has 0 aromatic heterocycles. The van der Waals surface area contributed by atoms with Crippen LogP contribution in [0.3, 0.4) is 0 Å². The fraction of sp³-hybridized carbons (Fsp3) is 0.286. The molecule has 3 atom stereocenters. The number of halogens is 1. The Morgan fingerprint density at radius 3 is 2.52 bits per heavy atom. The first-order valence-electron chi connectivity index (χ1n) is 9.36. The van der Waals surface area contributed by atoms with E-state index < -0.39 is 12.1 Å². The second kappa shape index (κ2) is 7.87. The lowest BCUT2D eigenvalue weighted by Gasteiger charge is -2.34. The van der Waals surface area contributed by atoms with Crippen LogP contribution in [0.4, 0.5) is 0 Å². The molecule has 2 heterocycles. The van der Waals surface area contributed by atoms with Crippen molar-refractivity contribution in [1.29, 1.82) is 0 Å². The van der Waals surface area contributed by atoms with Gasteiger partial charge in [-0.2, -0.15) is 0 Å². The molecule has 0 radical (unpaired) electrons. The maximum atomic E-state index is 12.9. The van der Waals surface area contributed by atoms with Crippen LogP contribution in [0, 0.1) is 0 Å². The molecule has 3 amide bonds. The molecule has 4 rings (SSSR count). The van der Waals surface area contributed by atoms with Crippen molar-refractivity contribution in [3.63, 3.8) is 0 Å². The Morgan fingerprint density at radius 1 is 1.14 bits per heavy atom. The highest BCUT2D eigenvalue weighted by Crippen LogP contribution is 2.24. The first kappa shape index (κ1) is 19.4. The van der Waals surface area contributed by atoms with Crippen molar-refractivity contribution in [1.82, 2.24) is 15.5 Å². The number of phenolic OH excluding ortho intramolecular Hbond substituents is 1. The van der Waals surface area contributed by atoms with E-state index in [1.165, 1.54) is 0 Å². The number of hydrogen-bond acceptors (Lipinski definition) is 4. The van der Waals surface area contributed by atoms with Crippen molar-refractivity contribution in [2.45, 2.75) is 31.0 Å². The minimum Gasteiger partial charge on any atom is -0.508 e. The SMILES string of the molecule is O=C(N[C@H]1C[C@H]2C(=O)N[C@@H](Cc3ccc(O)cc3)C(=O)N2C1)c1ccc(Br)cc1. The largest absolute Gasteiger partial charge is 0.508 e. The van der Waals surface area contributed by atoms with Gasteiger partial charge in [0.1, 0.15) is 17.8 Å². The highest BCUT2D eigenvalue weighted by atomic mass is 79.9. The first-order chi connectivity index (χ1) is 13.9. The zero-order valence-corrected chi connectivity index (χ0v) is 17.1. The molecule has 29 heavy (non-hydrogen) atoms. The van der Waals surface area contributed by atoms with Crippen LogP contribution in [0.1, 0.15) is 22.3 Å². The zero-order valence-electron chi connectivity index (χ0n) is 15.5. The second-order valence-electron chi connectivity index (χ2n) is 7.35. The zero-order chi connectivity index (χ0) is 20.5. The van der Waals surface area contributed by atoms with Crippen molar-refractivity contribution in [2.75, 3.05) is 6.54 Å². The Balaban J connectivity index is 1.42. The predicted molar refractivity (Wildman–Crippen MR) is 109 cm³/mol. The summed E-state index contributed by atoms with van der Waals surface area (Å²) in [6.45, 7) is 0.311. The first-order valence-corrected chi connectivity index (χ1v) is 10.1. The van der Waals surface area contributed by atoms with E-state index in [0.29, 0.717) is 24.9 Å². The highest BCUT2D eigenvalue weighted by Gasteiger charge is 2.46. The number of phenols is 1. The lowest BCUT2D eigenvalue weighted by atomic mass is 10.0. The van der Waals surface area contributed by atoms with Gasteiger partial charge in [-0.15, -0.1) is 0 Å². The van der Waals surface area contributed by atoms with Crippen LogP contribution < -0.4 is 10.6 Å². The number of nitrogens with one attached hydrogen (secondary N) is 2. The number of nitrogens with zero attached hydrogens (tertiary/aromatic N) is 1. The summed E-state index contributed by atoms with van der Waals surface area (Å²) < 4.78 is 0.883. The number of hydrogen-bond donors (Lipinski definition) is 3. The molecule has 150 valence electrons. The number of benzene rings is 2. The van der Waals surface area contributed by atoms with E-state index in [0.717, 1.165) is 10.0 Å². The Morgan fingerprint density at radius 2 is 1.83 bits per heavy atom. The molecule has 0 spiro atoms. The molecule has 0 saturated carbocycles. The standard InChI is InChI=1S/C21H20BrN3O4/c22-14-5-3-13(4-6-14)19(27)23-15-10-18-20(28)24-17(21(29)25(18)11-15)9-12-1-7-16(26)8-2-12/h1-8,15,17-18,26H,9-11H2,(H,23,27)(H,24,28)/t15-,17-,18-/m0/s1. The smallest absolute Gasteiger partial charge is 0.251 e. The monoisotopic (exact) mass is 457 g/mol. The molecule has 2 aromatic rings. The third-order valence-corrected chi connectivity index (χ3v) is 5.85. The summed E-state index contributed by atoms with van der Waals surface area (Å²) in [6, 6.07) is 12.1. The van der Waals surface area contributed by atoms with Crippen molar-refractivity contribution < 1.29 is 19.5 Å². The van der Waals surface area contributed by atoms with Crippen LogP contribution in [0.25, 0.3) is 0 Å². The van der Waals surface area contributed by atoms with Gasteiger partial charge in [-0.1, -0.05) is 28.1 Å². The lowest BCUT2D eigenvalue weighted by molar-refractivity contribution is -0.147. The molecule has 0 aliphatic carbocycles. The van der Waals surface area contributed by atoms with Crippen LogP contribution >= 0.6 is 15.9 Å². The number of fused-ring (bicyclic) bond motifs is 1. The van der Waals surface area contributed by atoms with E-state index in [1.54, 1.807) is 53.4 Å². The van der Waals surface area contributed by atoms with Gasteiger partial charge in [-0.3, -0.25) is 14.4 Å². The fourth-order valence-corrected chi connectivity index (χ4v) is 4.10. The van der Waals surface area contributed by atoms with Crippen molar-refractivity contribution in [3.05, 3.63) is 64.1 Å². The van der Waals surface area contributed by atoms with Gasteiger partial charge in [-0.25, -0.2) is 0 Å². The Labute approximate surface area is 176 Å². The molecule has 2 fully saturated rings. The van der Waals surface area contributed by atoms with Crippen LogP contribution in [0.2, 0.25) is 0 Å². The second-order valence-corrected chi connectivity index (χ2v) is 8.27. The summed E-state index contributed by atoms with van der Waals surface area (Å²) in [4.78, 5) is 39.5. The van der Waals surface area contributed by atoms with E-state index in [4.69, 9.17) is 0 Å². The highest BCUT2D eigenvalue weighted by molar-refractivity contribution is 9.10. The number of amides is 3. The molecule has 3 N–H and O–H groups in total. The summed E-state index contributed by atoms with van der Waals surface area (Å²) in [5.41, 5.74) is 1.37. The normalized spacial score (nSPS) is 23.5. The minimum atomic E-state index is -0.649. The van der Waals surface area contributed by atoms with Gasteiger partial charge < -0.3 is 20.6 Å².